The third kappa shape index (κ3) is 4.99. The van der Waals surface area contributed by atoms with Gasteiger partial charge in [-0.05, 0) is 68.1 Å². The Bertz CT molecular complexity index is 975. The molecule has 2 N–H and O–H groups in total. The molecule has 164 valence electrons. The van der Waals surface area contributed by atoms with Crippen LogP contribution in [0.3, 0.4) is 0 Å². The molecular weight excluding hydrogens is 394 g/mol. The normalized spacial score (nSPS) is 18.3. The third-order valence-electron chi connectivity index (χ3n) is 5.97. The summed E-state index contributed by atoms with van der Waals surface area (Å²) in [7, 11) is 0. The van der Waals surface area contributed by atoms with Crippen molar-refractivity contribution in [1.29, 1.82) is 0 Å². The summed E-state index contributed by atoms with van der Waals surface area (Å²) >= 11 is 0. The van der Waals surface area contributed by atoms with E-state index in [-0.39, 0.29) is 18.5 Å². The number of hydrogen-bond acceptors (Lipinski definition) is 5. The Morgan fingerprint density at radius 1 is 1.06 bits per heavy atom. The number of benzene rings is 2. The molecule has 4 rings (SSSR count). The molecule has 7 heteroatoms. The average Bonchev–Trinajstić information content (AvgIpc) is 3.06. The number of carbonyl (C=O) groups excluding carboxylic acids is 2. The van der Waals surface area contributed by atoms with Gasteiger partial charge in [-0.15, -0.1) is 0 Å². The first-order valence-electron chi connectivity index (χ1n) is 10.8. The quantitative estimate of drug-likeness (QED) is 0.778. The number of hydrogen-bond donors (Lipinski definition) is 2. The molecule has 0 aromatic heterocycles. The Kier molecular flexibility index (Phi) is 6.42. The zero-order valence-corrected chi connectivity index (χ0v) is 18.1. The fraction of sp³-hybridized carbons (Fsp3) is 0.417. The maximum atomic E-state index is 12.5. The molecule has 0 unspecified atom stereocenters. The Morgan fingerprint density at radius 2 is 1.87 bits per heavy atom. The van der Waals surface area contributed by atoms with Crippen LogP contribution in [-0.2, 0) is 4.79 Å². The number of anilines is 1. The van der Waals surface area contributed by atoms with Gasteiger partial charge >= 0.3 is 6.03 Å². The standard InChI is InChI=1S/C24H29N3O4/c1-16-6-3-7-19(17(16)2)25-24(29)26-23(28)15-27-11-4-8-20(27)18-9-10-21-22(14-18)31-13-5-12-30-21/h3,6-7,9-10,14,20H,4-5,8,11-13,15H2,1-2H3,(H2,25,26,28,29)/t20-/m1/s1. The highest BCUT2D eigenvalue weighted by Crippen LogP contribution is 2.37. The van der Waals surface area contributed by atoms with Gasteiger partial charge in [0, 0.05) is 18.2 Å². The van der Waals surface area contributed by atoms with Crippen LogP contribution < -0.4 is 20.1 Å². The van der Waals surface area contributed by atoms with E-state index in [9.17, 15) is 9.59 Å². The molecule has 2 aromatic carbocycles. The van der Waals surface area contributed by atoms with Gasteiger partial charge in [0.05, 0.1) is 19.8 Å². The van der Waals surface area contributed by atoms with Crippen molar-refractivity contribution in [3.63, 3.8) is 0 Å². The van der Waals surface area contributed by atoms with Crippen molar-refractivity contribution in [2.75, 3.05) is 31.6 Å². The van der Waals surface area contributed by atoms with E-state index in [1.807, 2.05) is 50.2 Å². The van der Waals surface area contributed by atoms with E-state index in [1.165, 1.54) is 0 Å². The number of nitrogens with one attached hydrogen (secondary N) is 2. The molecule has 3 amide bonds. The van der Waals surface area contributed by atoms with Crippen LogP contribution in [0, 0.1) is 13.8 Å². The van der Waals surface area contributed by atoms with Crippen LogP contribution >= 0.6 is 0 Å². The number of amides is 3. The third-order valence-corrected chi connectivity index (χ3v) is 5.97. The predicted octanol–water partition coefficient (Wildman–Crippen LogP) is 3.95. The zero-order valence-electron chi connectivity index (χ0n) is 18.1. The van der Waals surface area contributed by atoms with E-state index in [0.29, 0.717) is 18.9 Å². The van der Waals surface area contributed by atoms with Crippen LogP contribution in [0.5, 0.6) is 11.5 Å². The molecule has 31 heavy (non-hydrogen) atoms. The fourth-order valence-electron chi connectivity index (χ4n) is 4.17. The lowest BCUT2D eigenvalue weighted by Gasteiger charge is -2.24. The SMILES string of the molecule is Cc1cccc(NC(=O)NC(=O)CN2CCC[C@@H]2c2ccc3c(c2)OCCCO3)c1C. The predicted molar refractivity (Wildman–Crippen MR) is 119 cm³/mol. The van der Waals surface area contributed by atoms with E-state index in [4.69, 9.17) is 9.47 Å². The average molecular weight is 424 g/mol. The van der Waals surface area contributed by atoms with Gasteiger partial charge in [-0.2, -0.15) is 0 Å². The highest BCUT2D eigenvalue weighted by Gasteiger charge is 2.29. The maximum Gasteiger partial charge on any atom is 0.325 e. The minimum absolute atomic E-state index is 0.116. The van der Waals surface area contributed by atoms with Crippen LogP contribution in [0.15, 0.2) is 36.4 Å². The van der Waals surface area contributed by atoms with Crippen molar-refractivity contribution in [3.05, 3.63) is 53.1 Å². The molecule has 0 bridgehead atoms. The molecule has 1 atom stereocenters. The molecule has 2 aliphatic rings. The largest absolute Gasteiger partial charge is 0.490 e. The molecule has 0 radical (unpaired) electrons. The highest BCUT2D eigenvalue weighted by atomic mass is 16.5. The summed E-state index contributed by atoms with van der Waals surface area (Å²) in [5.41, 5.74) is 3.88. The van der Waals surface area contributed by atoms with Gasteiger partial charge in [0.1, 0.15) is 0 Å². The number of likely N-dealkylation sites (tertiary alicyclic amines) is 1. The Hall–Kier alpha value is -3.06. The van der Waals surface area contributed by atoms with Crippen LogP contribution in [0.2, 0.25) is 0 Å². The maximum absolute atomic E-state index is 12.5. The molecule has 7 nitrogen and oxygen atoms in total. The smallest absolute Gasteiger partial charge is 0.325 e. The van der Waals surface area contributed by atoms with Crippen molar-refractivity contribution >= 4 is 17.6 Å². The lowest BCUT2D eigenvalue weighted by atomic mass is 10.0. The second-order valence-electron chi connectivity index (χ2n) is 8.13. The topological polar surface area (TPSA) is 79.9 Å². The Labute approximate surface area is 182 Å². The number of imide groups is 1. The number of urea groups is 1. The Morgan fingerprint density at radius 3 is 2.71 bits per heavy atom. The van der Waals surface area contributed by atoms with Crippen molar-refractivity contribution < 1.29 is 19.1 Å². The number of fused-ring (bicyclic) bond motifs is 1. The molecule has 2 heterocycles. The van der Waals surface area contributed by atoms with E-state index >= 15 is 0 Å². The van der Waals surface area contributed by atoms with Gasteiger partial charge in [0.15, 0.2) is 11.5 Å². The van der Waals surface area contributed by atoms with Gasteiger partial charge < -0.3 is 14.8 Å². The van der Waals surface area contributed by atoms with Gasteiger partial charge in [-0.25, -0.2) is 4.79 Å². The van der Waals surface area contributed by atoms with E-state index in [2.05, 4.69) is 15.5 Å². The van der Waals surface area contributed by atoms with E-state index in [1.54, 1.807) is 0 Å². The zero-order chi connectivity index (χ0) is 21.8. The fourth-order valence-corrected chi connectivity index (χ4v) is 4.17. The molecule has 0 aliphatic carbocycles. The van der Waals surface area contributed by atoms with Crippen LogP contribution in [0.1, 0.15) is 42.0 Å². The second-order valence-corrected chi connectivity index (χ2v) is 8.13. The van der Waals surface area contributed by atoms with Crippen LogP contribution in [0.4, 0.5) is 10.5 Å². The summed E-state index contributed by atoms with van der Waals surface area (Å²) < 4.78 is 11.5. The number of carbonyl (C=O) groups is 2. The van der Waals surface area contributed by atoms with E-state index in [0.717, 1.165) is 54.0 Å². The lowest BCUT2D eigenvalue weighted by molar-refractivity contribution is -0.121. The first-order valence-corrected chi connectivity index (χ1v) is 10.8. The number of rotatable bonds is 4. The summed E-state index contributed by atoms with van der Waals surface area (Å²) in [6.07, 6.45) is 2.83. The molecular formula is C24H29N3O4. The summed E-state index contributed by atoms with van der Waals surface area (Å²) in [6, 6.07) is 11.3. The Balaban J connectivity index is 1.37. The van der Waals surface area contributed by atoms with Crippen molar-refractivity contribution in [2.24, 2.45) is 0 Å². The minimum atomic E-state index is -0.509. The number of nitrogens with zero attached hydrogens (tertiary/aromatic N) is 1. The highest BCUT2D eigenvalue weighted by molar-refractivity contribution is 6.02. The van der Waals surface area contributed by atoms with Crippen molar-refractivity contribution in [1.82, 2.24) is 10.2 Å². The number of ether oxygens (including phenoxy) is 2. The van der Waals surface area contributed by atoms with Crippen LogP contribution in [-0.4, -0.2) is 43.1 Å². The first kappa shape index (κ1) is 21.2. The van der Waals surface area contributed by atoms with Gasteiger partial charge in [0.2, 0.25) is 5.91 Å². The monoisotopic (exact) mass is 423 g/mol. The first-order chi connectivity index (χ1) is 15.0. The minimum Gasteiger partial charge on any atom is -0.490 e. The van der Waals surface area contributed by atoms with Gasteiger partial charge in [0.25, 0.3) is 0 Å². The van der Waals surface area contributed by atoms with Gasteiger partial charge in [-0.3, -0.25) is 15.0 Å². The molecule has 0 saturated carbocycles. The molecule has 0 spiro atoms. The summed E-state index contributed by atoms with van der Waals surface area (Å²) in [5, 5.41) is 5.23. The molecule has 1 saturated heterocycles. The van der Waals surface area contributed by atoms with Crippen molar-refractivity contribution in [2.45, 2.75) is 39.2 Å². The number of aryl methyl sites for hydroxylation is 1. The lowest BCUT2D eigenvalue weighted by Crippen LogP contribution is -2.41. The summed E-state index contributed by atoms with van der Waals surface area (Å²) in [6.45, 7) is 6.20. The molecule has 2 aromatic rings. The van der Waals surface area contributed by atoms with Crippen molar-refractivity contribution in [3.8, 4) is 11.5 Å². The molecule has 2 aliphatic heterocycles. The second kappa shape index (κ2) is 9.39. The molecule has 1 fully saturated rings. The summed E-state index contributed by atoms with van der Waals surface area (Å²) in [5.74, 6) is 1.22. The van der Waals surface area contributed by atoms with E-state index < -0.39 is 6.03 Å². The van der Waals surface area contributed by atoms with Gasteiger partial charge in [-0.1, -0.05) is 18.2 Å². The summed E-state index contributed by atoms with van der Waals surface area (Å²) in [4.78, 5) is 27.0. The van der Waals surface area contributed by atoms with Crippen LogP contribution in [0.25, 0.3) is 0 Å².